The molecule has 0 fully saturated rings. The number of hydrogen-bond acceptors (Lipinski definition) is 2. The predicted molar refractivity (Wildman–Crippen MR) is 136 cm³/mol. The van der Waals surface area contributed by atoms with Gasteiger partial charge >= 0.3 is 0 Å². The minimum atomic E-state index is -0.260. The molecule has 0 aliphatic carbocycles. The summed E-state index contributed by atoms with van der Waals surface area (Å²) in [5, 5.41) is 20.9. The van der Waals surface area contributed by atoms with E-state index in [-0.39, 0.29) is 5.41 Å². The van der Waals surface area contributed by atoms with Crippen LogP contribution in [0.5, 0.6) is 11.5 Å². The van der Waals surface area contributed by atoms with Gasteiger partial charge in [0, 0.05) is 5.41 Å². The van der Waals surface area contributed by atoms with Gasteiger partial charge in [0.1, 0.15) is 11.5 Å². The van der Waals surface area contributed by atoms with Crippen LogP contribution in [-0.2, 0) is 31.1 Å². The standard InChI is InChI=1S/C31H32O2/c1-31(2,27-17-19-29(32)25(21-27)15-13-23-9-5-3-6-10-23)28-18-20-30(33)26(22-28)16-14-24-11-7-4-8-12-24/h3-12,17-22,32-33H,13-16H2,1-2H3. The van der Waals surface area contributed by atoms with Gasteiger partial charge < -0.3 is 10.2 Å². The third-order valence-electron chi connectivity index (χ3n) is 6.65. The lowest BCUT2D eigenvalue weighted by Crippen LogP contribution is -2.19. The zero-order valence-electron chi connectivity index (χ0n) is 19.5. The topological polar surface area (TPSA) is 40.5 Å². The number of phenols is 2. The minimum absolute atomic E-state index is 0.260. The molecule has 0 aliphatic rings. The number of phenolic OH excluding ortho intramolecular Hbond substituents is 2. The number of aryl methyl sites for hydroxylation is 4. The summed E-state index contributed by atoms with van der Waals surface area (Å²) in [6, 6.07) is 32.7. The average Bonchev–Trinajstić information content (AvgIpc) is 2.84. The Hall–Kier alpha value is -3.52. The Morgan fingerprint density at radius 1 is 0.515 bits per heavy atom. The molecule has 2 nitrogen and oxygen atoms in total. The average molecular weight is 437 g/mol. The summed E-state index contributed by atoms with van der Waals surface area (Å²) >= 11 is 0. The van der Waals surface area contributed by atoms with Crippen LogP contribution in [-0.4, -0.2) is 10.2 Å². The second-order valence-electron chi connectivity index (χ2n) is 9.28. The Kier molecular flexibility index (Phi) is 6.84. The number of hydrogen-bond donors (Lipinski definition) is 2. The van der Waals surface area contributed by atoms with E-state index in [2.05, 4.69) is 74.5 Å². The first kappa shape index (κ1) is 22.7. The molecule has 0 bridgehead atoms. The van der Waals surface area contributed by atoms with E-state index < -0.39 is 0 Å². The molecule has 4 aromatic carbocycles. The van der Waals surface area contributed by atoms with Crippen molar-refractivity contribution in [2.24, 2.45) is 0 Å². The van der Waals surface area contributed by atoms with Gasteiger partial charge in [-0.3, -0.25) is 0 Å². The maximum atomic E-state index is 10.5. The van der Waals surface area contributed by atoms with Crippen molar-refractivity contribution >= 4 is 0 Å². The molecule has 0 aliphatic heterocycles. The lowest BCUT2D eigenvalue weighted by atomic mass is 9.76. The molecule has 33 heavy (non-hydrogen) atoms. The number of aromatic hydroxyl groups is 2. The van der Waals surface area contributed by atoms with Crippen molar-refractivity contribution in [3.05, 3.63) is 130 Å². The SMILES string of the molecule is CC(C)(c1ccc(O)c(CCc2ccccc2)c1)c1ccc(O)c(CCc2ccccc2)c1. The second-order valence-corrected chi connectivity index (χ2v) is 9.28. The predicted octanol–water partition coefficient (Wildman–Crippen LogP) is 6.99. The van der Waals surface area contributed by atoms with Crippen molar-refractivity contribution in [2.45, 2.75) is 44.9 Å². The highest BCUT2D eigenvalue weighted by atomic mass is 16.3. The van der Waals surface area contributed by atoms with Gasteiger partial charge in [0.2, 0.25) is 0 Å². The number of rotatable bonds is 8. The molecule has 2 heteroatoms. The molecule has 4 aromatic rings. The van der Waals surface area contributed by atoms with E-state index in [9.17, 15) is 10.2 Å². The summed E-state index contributed by atoms with van der Waals surface area (Å²) in [4.78, 5) is 0. The van der Waals surface area contributed by atoms with E-state index in [1.54, 1.807) is 0 Å². The molecule has 0 radical (unpaired) electrons. The maximum absolute atomic E-state index is 10.5. The van der Waals surface area contributed by atoms with Crippen LogP contribution in [0, 0.1) is 0 Å². The smallest absolute Gasteiger partial charge is 0.118 e. The van der Waals surface area contributed by atoms with Crippen LogP contribution in [0.1, 0.15) is 47.2 Å². The maximum Gasteiger partial charge on any atom is 0.118 e. The summed E-state index contributed by atoms with van der Waals surface area (Å²) in [6.45, 7) is 4.40. The molecule has 2 N–H and O–H groups in total. The van der Waals surface area contributed by atoms with Crippen molar-refractivity contribution in [3.63, 3.8) is 0 Å². The molecule has 0 atom stereocenters. The van der Waals surface area contributed by atoms with Gasteiger partial charge in [0.05, 0.1) is 0 Å². The molecule has 0 amide bonds. The molecule has 0 saturated heterocycles. The second kappa shape index (κ2) is 9.95. The quantitative estimate of drug-likeness (QED) is 0.312. The fourth-order valence-corrected chi connectivity index (χ4v) is 4.36. The van der Waals surface area contributed by atoms with E-state index in [0.717, 1.165) is 47.9 Å². The van der Waals surface area contributed by atoms with Gasteiger partial charge in [-0.05, 0) is 71.2 Å². The Balaban J connectivity index is 1.56. The van der Waals surface area contributed by atoms with Gasteiger partial charge in [0.25, 0.3) is 0 Å². The largest absolute Gasteiger partial charge is 0.508 e. The zero-order chi connectivity index (χ0) is 23.3. The van der Waals surface area contributed by atoms with Crippen LogP contribution in [0.2, 0.25) is 0 Å². The monoisotopic (exact) mass is 436 g/mol. The summed E-state index contributed by atoms with van der Waals surface area (Å²) in [5.41, 5.74) is 6.52. The Morgan fingerprint density at radius 3 is 1.30 bits per heavy atom. The van der Waals surface area contributed by atoms with Crippen molar-refractivity contribution in [1.82, 2.24) is 0 Å². The Bertz CT molecular complexity index is 1100. The molecule has 0 unspecified atom stereocenters. The highest BCUT2D eigenvalue weighted by molar-refractivity contribution is 5.47. The van der Waals surface area contributed by atoms with Gasteiger partial charge in [0.15, 0.2) is 0 Å². The first-order valence-corrected chi connectivity index (χ1v) is 11.7. The van der Waals surface area contributed by atoms with Crippen LogP contribution in [0.4, 0.5) is 0 Å². The normalized spacial score (nSPS) is 11.5. The van der Waals surface area contributed by atoms with Crippen LogP contribution >= 0.6 is 0 Å². The van der Waals surface area contributed by atoms with E-state index in [1.165, 1.54) is 11.1 Å². The van der Waals surface area contributed by atoms with E-state index >= 15 is 0 Å². The van der Waals surface area contributed by atoms with Crippen molar-refractivity contribution in [2.75, 3.05) is 0 Å². The van der Waals surface area contributed by atoms with Gasteiger partial charge in [-0.25, -0.2) is 0 Å². The van der Waals surface area contributed by atoms with Crippen molar-refractivity contribution in [1.29, 1.82) is 0 Å². The molecule has 0 spiro atoms. The summed E-state index contributed by atoms with van der Waals surface area (Å²) in [5.74, 6) is 0.694. The minimum Gasteiger partial charge on any atom is -0.508 e. The van der Waals surface area contributed by atoms with Crippen molar-refractivity contribution < 1.29 is 10.2 Å². The molecule has 0 heterocycles. The Labute approximate surface area is 197 Å². The third kappa shape index (κ3) is 5.46. The highest BCUT2D eigenvalue weighted by Crippen LogP contribution is 2.36. The van der Waals surface area contributed by atoms with Crippen LogP contribution in [0.3, 0.4) is 0 Å². The molecule has 168 valence electrons. The summed E-state index contributed by atoms with van der Waals surface area (Å²) < 4.78 is 0. The van der Waals surface area contributed by atoms with Gasteiger partial charge in [-0.1, -0.05) is 98.8 Å². The highest BCUT2D eigenvalue weighted by Gasteiger charge is 2.25. The van der Waals surface area contributed by atoms with Crippen LogP contribution < -0.4 is 0 Å². The first-order chi connectivity index (χ1) is 15.9. The number of benzene rings is 4. The Morgan fingerprint density at radius 2 is 0.909 bits per heavy atom. The van der Waals surface area contributed by atoms with Crippen LogP contribution in [0.15, 0.2) is 97.1 Å². The lowest BCUT2D eigenvalue weighted by Gasteiger charge is -2.28. The lowest BCUT2D eigenvalue weighted by molar-refractivity contribution is 0.466. The van der Waals surface area contributed by atoms with Crippen LogP contribution in [0.25, 0.3) is 0 Å². The summed E-state index contributed by atoms with van der Waals surface area (Å²) in [7, 11) is 0. The fraction of sp³-hybridized carbons (Fsp3) is 0.226. The molecular weight excluding hydrogens is 404 g/mol. The van der Waals surface area contributed by atoms with Gasteiger partial charge in [-0.2, -0.15) is 0 Å². The third-order valence-corrected chi connectivity index (χ3v) is 6.65. The van der Waals surface area contributed by atoms with E-state index in [0.29, 0.717) is 11.5 Å². The first-order valence-electron chi connectivity index (χ1n) is 11.7. The van der Waals surface area contributed by atoms with E-state index in [4.69, 9.17) is 0 Å². The molecule has 0 aromatic heterocycles. The van der Waals surface area contributed by atoms with Crippen molar-refractivity contribution in [3.8, 4) is 11.5 Å². The fourth-order valence-electron chi connectivity index (χ4n) is 4.36. The summed E-state index contributed by atoms with van der Waals surface area (Å²) in [6.07, 6.45) is 3.36. The zero-order valence-corrected chi connectivity index (χ0v) is 19.5. The molecule has 4 rings (SSSR count). The van der Waals surface area contributed by atoms with Gasteiger partial charge in [-0.15, -0.1) is 0 Å². The molecular formula is C31H32O2. The van der Waals surface area contributed by atoms with E-state index in [1.807, 2.05) is 36.4 Å². The molecule has 0 saturated carbocycles.